The number of hydrogen-bond donors (Lipinski definition) is 2. The van der Waals surface area contributed by atoms with E-state index in [-0.39, 0.29) is 29.8 Å². The second kappa shape index (κ2) is 10.9. The molecule has 24 heavy (non-hydrogen) atoms. The van der Waals surface area contributed by atoms with E-state index in [4.69, 9.17) is 0 Å². The highest BCUT2D eigenvalue weighted by atomic mass is 127. The molecular formula is C18H30FIN4. The van der Waals surface area contributed by atoms with Gasteiger partial charge in [0.1, 0.15) is 5.82 Å². The molecule has 1 unspecified atom stereocenters. The minimum absolute atomic E-state index is 0. The zero-order chi connectivity index (χ0) is 16.7. The molecule has 0 bridgehead atoms. The summed E-state index contributed by atoms with van der Waals surface area (Å²) in [5, 5.41) is 6.64. The summed E-state index contributed by atoms with van der Waals surface area (Å²) in [5.41, 5.74) is 1.60. The van der Waals surface area contributed by atoms with Gasteiger partial charge in [-0.2, -0.15) is 0 Å². The normalized spacial score (nSPS) is 18.3. The van der Waals surface area contributed by atoms with E-state index in [1.54, 1.807) is 20.0 Å². The van der Waals surface area contributed by atoms with Gasteiger partial charge < -0.3 is 15.5 Å². The number of aliphatic imine (C=N–C) groups is 1. The van der Waals surface area contributed by atoms with Crippen molar-refractivity contribution in [1.82, 2.24) is 15.5 Å². The van der Waals surface area contributed by atoms with E-state index >= 15 is 0 Å². The summed E-state index contributed by atoms with van der Waals surface area (Å²) < 4.78 is 13.6. The van der Waals surface area contributed by atoms with Crippen molar-refractivity contribution in [2.75, 3.05) is 33.2 Å². The molecule has 0 aromatic heterocycles. The maximum Gasteiger partial charge on any atom is 0.191 e. The Morgan fingerprint density at radius 1 is 1.38 bits per heavy atom. The lowest BCUT2D eigenvalue weighted by Gasteiger charge is -2.17. The zero-order valence-electron chi connectivity index (χ0n) is 14.9. The minimum Gasteiger partial charge on any atom is -0.356 e. The summed E-state index contributed by atoms with van der Waals surface area (Å²) in [7, 11) is 1.77. The Kier molecular flexibility index (Phi) is 9.58. The third-order valence-electron chi connectivity index (χ3n) is 4.39. The predicted octanol–water partition coefficient (Wildman–Crippen LogP) is 3.15. The van der Waals surface area contributed by atoms with Gasteiger partial charge in [-0.05, 0) is 56.0 Å². The van der Waals surface area contributed by atoms with Crippen LogP contribution in [0.5, 0.6) is 0 Å². The summed E-state index contributed by atoms with van der Waals surface area (Å²) in [4.78, 5) is 6.77. The van der Waals surface area contributed by atoms with Crippen LogP contribution in [0.4, 0.5) is 4.39 Å². The van der Waals surface area contributed by atoms with E-state index in [2.05, 4.69) is 27.4 Å². The van der Waals surface area contributed by atoms with Gasteiger partial charge in [-0.1, -0.05) is 19.1 Å². The van der Waals surface area contributed by atoms with Crippen LogP contribution in [0.25, 0.3) is 0 Å². The van der Waals surface area contributed by atoms with Crippen LogP contribution >= 0.6 is 24.0 Å². The summed E-state index contributed by atoms with van der Waals surface area (Å²) in [6.45, 7) is 9.08. The molecule has 0 amide bonds. The third-order valence-corrected chi connectivity index (χ3v) is 4.39. The fourth-order valence-electron chi connectivity index (χ4n) is 2.99. The summed E-state index contributed by atoms with van der Waals surface area (Å²) >= 11 is 0. The number of nitrogens with one attached hydrogen (secondary N) is 2. The number of hydrogen-bond acceptors (Lipinski definition) is 2. The number of rotatable bonds is 6. The highest BCUT2D eigenvalue weighted by molar-refractivity contribution is 14.0. The Labute approximate surface area is 162 Å². The topological polar surface area (TPSA) is 39.7 Å². The van der Waals surface area contributed by atoms with E-state index < -0.39 is 0 Å². The lowest BCUT2D eigenvalue weighted by atomic mass is 10.1. The zero-order valence-corrected chi connectivity index (χ0v) is 17.3. The monoisotopic (exact) mass is 448 g/mol. The quantitative estimate of drug-likeness (QED) is 0.399. The van der Waals surface area contributed by atoms with E-state index in [1.165, 1.54) is 32.5 Å². The maximum absolute atomic E-state index is 13.6. The van der Waals surface area contributed by atoms with Crippen LogP contribution in [0.15, 0.2) is 23.2 Å². The molecule has 6 heteroatoms. The molecule has 0 aliphatic carbocycles. The van der Waals surface area contributed by atoms with E-state index in [0.717, 1.165) is 18.1 Å². The Bertz CT molecular complexity index is 536. The first kappa shape index (κ1) is 21.2. The van der Waals surface area contributed by atoms with Crippen molar-refractivity contribution in [3.63, 3.8) is 0 Å². The average Bonchev–Trinajstić information content (AvgIpc) is 2.99. The number of benzene rings is 1. The van der Waals surface area contributed by atoms with Gasteiger partial charge in [0.15, 0.2) is 5.96 Å². The van der Waals surface area contributed by atoms with Gasteiger partial charge in [0.25, 0.3) is 0 Å². The molecule has 1 atom stereocenters. The van der Waals surface area contributed by atoms with Crippen molar-refractivity contribution in [3.05, 3.63) is 35.1 Å². The van der Waals surface area contributed by atoms with Crippen LogP contribution < -0.4 is 10.6 Å². The van der Waals surface area contributed by atoms with Gasteiger partial charge in [-0.3, -0.25) is 4.99 Å². The summed E-state index contributed by atoms with van der Waals surface area (Å²) in [5.74, 6) is 1.30. The molecule has 1 saturated heterocycles. The van der Waals surface area contributed by atoms with Crippen molar-refractivity contribution < 1.29 is 4.39 Å². The van der Waals surface area contributed by atoms with Gasteiger partial charge >= 0.3 is 0 Å². The SMILES string of the molecule is CCCN1CCC(CNC(=NC)NCc2ccc(C)c(F)c2)C1.I. The molecule has 1 aromatic carbocycles. The summed E-state index contributed by atoms with van der Waals surface area (Å²) in [6.07, 6.45) is 2.46. The molecule has 2 N–H and O–H groups in total. The van der Waals surface area contributed by atoms with Crippen LogP contribution in [0.3, 0.4) is 0 Å². The largest absolute Gasteiger partial charge is 0.356 e. The standard InChI is InChI=1S/C18H29FN4.HI/c1-4-8-23-9-7-16(13-23)12-22-18(20-3)21-11-15-6-5-14(2)17(19)10-15;/h5-6,10,16H,4,7-9,11-13H2,1-3H3,(H2,20,21,22);1H. The second-order valence-corrected chi connectivity index (χ2v) is 6.35. The lowest BCUT2D eigenvalue weighted by molar-refractivity contribution is 0.324. The first-order chi connectivity index (χ1) is 11.1. The van der Waals surface area contributed by atoms with Gasteiger partial charge in [0.05, 0.1) is 0 Å². The molecular weight excluding hydrogens is 418 g/mol. The van der Waals surface area contributed by atoms with Crippen molar-refractivity contribution in [1.29, 1.82) is 0 Å². The molecule has 0 saturated carbocycles. The van der Waals surface area contributed by atoms with Crippen molar-refractivity contribution in [2.24, 2.45) is 10.9 Å². The molecule has 1 aliphatic heterocycles. The Balaban J connectivity index is 0.00000288. The lowest BCUT2D eigenvalue weighted by Crippen LogP contribution is -2.40. The number of aryl methyl sites for hydroxylation is 1. The molecule has 136 valence electrons. The third kappa shape index (κ3) is 6.55. The molecule has 1 fully saturated rings. The molecule has 1 aliphatic rings. The van der Waals surface area contributed by atoms with Crippen molar-refractivity contribution >= 4 is 29.9 Å². The highest BCUT2D eigenvalue weighted by Crippen LogP contribution is 2.15. The number of guanidine groups is 1. The van der Waals surface area contributed by atoms with Gasteiger partial charge in [-0.25, -0.2) is 4.39 Å². The molecule has 1 aromatic rings. The van der Waals surface area contributed by atoms with Gasteiger partial charge in [0, 0.05) is 26.7 Å². The smallest absolute Gasteiger partial charge is 0.191 e. The van der Waals surface area contributed by atoms with Crippen LogP contribution in [0, 0.1) is 18.7 Å². The van der Waals surface area contributed by atoms with E-state index in [9.17, 15) is 4.39 Å². The Hall–Kier alpha value is -0.890. The minimum atomic E-state index is -0.158. The van der Waals surface area contributed by atoms with Crippen LogP contribution in [-0.4, -0.2) is 44.1 Å². The number of halogens is 2. The molecule has 0 spiro atoms. The van der Waals surface area contributed by atoms with Gasteiger partial charge in [-0.15, -0.1) is 24.0 Å². The summed E-state index contributed by atoms with van der Waals surface area (Å²) in [6, 6.07) is 5.33. The fraction of sp³-hybridized carbons (Fsp3) is 0.611. The molecule has 0 radical (unpaired) electrons. The molecule has 4 nitrogen and oxygen atoms in total. The van der Waals surface area contributed by atoms with E-state index in [1.807, 2.05) is 12.1 Å². The Morgan fingerprint density at radius 2 is 2.17 bits per heavy atom. The van der Waals surface area contributed by atoms with Crippen LogP contribution in [-0.2, 0) is 6.54 Å². The average molecular weight is 448 g/mol. The van der Waals surface area contributed by atoms with Crippen LogP contribution in [0.2, 0.25) is 0 Å². The molecule has 1 heterocycles. The molecule has 2 rings (SSSR count). The van der Waals surface area contributed by atoms with Crippen molar-refractivity contribution in [3.8, 4) is 0 Å². The van der Waals surface area contributed by atoms with Gasteiger partial charge in [0.2, 0.25) is 0 Å². The Morgan fingerprint density at radius 3 is 2.83 bits per heavy atom. The number of nitrogens with zero attached hydrogens (tertiary/aromatic N) is 2. The van der Waals surface area contributed by atoms with Crippen LogP contribution in [0.1, 0.15) is 30.9 Å². The first-order valence-electron chi connectivity index (χ1n) is 8.54. The number of likely N-dealkylation sites (tertiary alicyclic amines) is 1. The fourth-order valence-corrected chi connectivity index (χ4v) is 2.99. The maximum atomic E-state index is 13.6. The predicted molar refractivity (Wildman–Crippen MR) is 110 cm³/mol. The first-order valence-corrected chi connectivity index (χ1v) is 8.54. The van der Waals surface area contributed by atoms with E-state index in [0.29, 0.717) is 18.0 Å². The highest BCUT2D eigenvalue weighted by Gasteiger charge is 2.21. The van der Waals surface area contributed by atoms with Crippen molar-refractivity contribution in [2.45, 2.75) is 33.2 Å². The second-order valence-electron chi connectivity index (χ2n) is 6.35.